The van der Waals surface area contributed by atoms with Crippen molar-refractivity contribution in [3.8, 4) is 22.2 Å². The molecule has 2 aromatic carbocycles. The zero-order valence-corrected chi connectivity index (χ0v) is 18.4. The highest BCUT2D eigenvalue weighted by atomic mass is 32.1. The van der Waals surface area contributed by atoms with Crippen LogP contribution in [0.5, 0.6) is 11.6 Å². The van der Waals surface area contributed by atoms with E-state index >= 15 is 0 Å². The van der Waals surface area contributed by atoms with Gasteiger partial charge in [0.2, 0.25) is 5.88 Å². The van der Waals surface area contributed by atoms with Crippen molar-refractivity contribution in [2.45, 2.75) is 19.4 Å². The number of alkyl carbamates (subject to hydrolysis) is 1. The van der Waals surface area contributed by atoms with Crippen LogP contribution < -0.4 is 14.8 Å². The third-order valence-corrected chi connectivity index (χ3v) is 6.43. The summed E-state index contributed by atoms with van der Waals surface area (Å²) in [7, 11) is 2.84. The first kappa shape index (κ1) is 20.4. The molecule has 5 rings (SSSR count). The highest BCUT2D eigenvalue weighted by molar-refractivity contribution is 7.22. The van der Waals surface area contributed by atoms with Crippen LogP contribution in [0.25, 0.3) is 31.8 Å². The number of ether oxygens (including phenoxy) is 3. The van der Waals surface area contributed by atoms with Gasteiger partial charge < -0.3 is 19.5 Å². The van der Waals surface area contributed by atoms with Crippen molar-refractivity contribution < 1.29 is 23.4 Å². The van der Waals surface area contributed by atoms with Gasteiger partial charge in [0.15, 0.2) is 11.6 Å². The number of rotatable bonds is 4. The molecule has 164 valence electrons. The summed E-state index contributed by atoms with van der Waals surface area (Å²) in [6.07, 6.45) is 1.09. The monoisotopic (exact) mass is 454 g/mol. The molecule has 1 N–H and O–H groups in total. The maximum absolute atomic E-state index is 14.8. The summed E-state index contributed by atoms with van der Waals surface area (Å²) in [5.74, 6) is 0.175. The van der Waals surface area contributed by atoms with E-state index in [-0.39, 0.29) is 18.4 Å². The molecule has 0 aliphatic carbocycles. The highest BCUT2D eigenvalue weighted by Crippen LogP contribution is 2.43. The van der Waals surface area contributed by atoms with Gasteiger partial charge in [0.1, 0.15) is 11.1 Å². The van der Waals surface area contributed by atoms with Gasteiger partial charge in [-0.2, -0.15) is 0 Å². The number of aryl methyl sites for hydroxylation is 1. The zero-order chi connectivity index (χ0) is 22.4. The van der Waals surface area contributed by atoms with Crippen LogP contribution in [0.4, 0.5) is 9.18 Å². The van der Waals surface area contributed by atoms with Crippen molar-refractivity contribution in [2.75, 3.05) is 20.8 Å². The van der Waals surface area contributed by atoms with Gasteiger partial charge in [-0.3, -0.25) is 0 Å². The lowest BCUT2D eigenvalue weighted by Crippen LogP contribution is -2.34. The summed E-state index contributed by atoms with van der Waals surface area (Å²) in [6, 6.07) is 5.32. The van der Waals surface area contributed by atoms with Crippen LogP contribution in [0.1, 0.15) is 11.1 Å². The van der Waals surface area contributed by atoms with Gasteiger partial charge in [-0.1, -0.05) is 0 Å². The fraction of sp³-hybridized carbons (Fsp3) is 0.273. The number of benzene rings is 2. The molecule has 0 bridgehead atoms. The molecule has 1 aliphatic rings. The Hall–Kier alpha value is -3.53. The van der Waals surface area contributed by atoms with E-state index in [0.29, 0.717) is 28.9 Å². The second-order valence-corrected chi connectivity index (χ2v) is 8.44. The summed E-state index contributed by atoms with van der Waals surface area (Å²) in [5, 5.41) is 3.32. The normalized spacial score (nSPS) is 14.9. The summed E-state index contributed by atoms with van der Waals surface area (Å²) in [5.41, 5.74) is 4.54. The topological polar surface area (TPSA) is 95.5 Å². The van der Waals surface area contributed by atoms with Gasteiger partial charge in [0.25, 0.3) is 0 Å². The number of thiazole rings is 1. The van der Waals surface area contributed by atoms with Gasteiger partial charge in [0, 0.05) is 23.6 Å². The molecule has 0 saturated carbocycles. The first-order chi connectivity index (χ1) is 15.5. The lowest BCUT2D eigenvalue weighted by Gasteiger charge is -2.10. The van der Waals surface area contributed by atoms with E-state index in [2.05, 4.69) is 20.0 Å². The van der Waals surface area contributed by atoms with Crippen molar-refractivity contribution in [3.05, 3.63) is 41.3 Å². The molecule has 3 heterocycles. The van der Waals surface area contributed by atoms with Crippen molar-refractivity contribution in [1.82, 2.24) is 20.3 Å². The molecule has 0 spiro atoms. The number of hydrogen-bond acceptors (Lipinski definition) is 8. The number of carbonyl (C=O) groups is 1. The molecule has 10 heteroatoms. The van der Waals surface area contributed by atoms with E-state index < -0.39 is 11.9 Å². The lowest BCUT2D eigenvalue weighted by atomic mass is 10.1. The van der Waals surface area contributed by atoms with Crippen LogP contribution >= 0.6 is 11.3 Å². The van der Waals surface area contributed by atoms with Crippen LogP contribution in [0.15, 0.2) is 24.4 Å². The maximum atomic E-state index is 14.8. The number of methoxy groups -OCH3 is 2. The van der Waals surface area contributed by atoms with Gasteiger partial charge in [-0.25, -0.2) is 24.1 Å². The number of carbonyl (C=O) groups excluding carboxylic acids is 1. The van der Waals surface area contributed by atoms with Crippen LogP contribution in [-0.2, 0) is 11.2 Å². The predicted octanol–water partition coefficient (Wildman–Crippen LogP) is 4.02. The average molecular weight is 454 g/mol. The molecule has 32 heavy (non-hydrogen) atoms. The van der Waals surface area contributed by atoms with Crippen LogP contribution in [-0.4, -0.2) is 47.9 Å². The minimum absolute atomic E-state index is 0.211. The van der Waals surface area contributed by atoms with Gasteiger partial charge in [-0.15, -0.1) is 11.3 Å². The molecule has 8 nitrogen and oxygen atoms in total. The molecular weight excluding hydrogens is 435 g/mol. The number of nitrogens with zero attached hydrogens (tertiary/aromatic N) is 3. The number of fused-ring (bicyclic) bond motifs is 4. The zero-order valence-electron chi connectivity index (χ0n) is 17.6. The molecule has 0 unspecified atom stereocenters. The smallest absolute Gasteiger partial charge is 0.406 e. The minimum atomic E-state index is -0.556. The van der Waals surface area contributed by atoms with E-state index in [4.69, 9.17) is 14.5 Å². The number of aromatic nitrogens is 3. The Morgan fingerprint density at radius 1 is 1.28 bits per heavy atom. The maximum Gasteiger partial charge on any atom is 0.406 e. The largest absolute Gasteiger partial charge is 0.485 e. The molecule has 1 amide bonds. The number of halogens is 1. The van der Waals surface area contributed by atoms with E-state index in [1.807, 2.05) is 19.1 Å². The van der Waals surface area contributed by atoms with Gasteiger partial charge in [0.05, 0.1) is 48.2 Å². The Morgan fingerprint density at radius 3 is 2.91 bits per heavy atom. The Morgan fingerprint density at radius 2 is 2.12 bits per heavy atom. The predicted molar refractivity (Wildman–Crippen MR) is 118 cm³/mol. The molecule has 0 radical (unpaired) electrons. The molecule has 0 saturated heterocycles. The van der Waals surface area contributed by atoms with E-state index in [0.717, 1.165) is 26.4 Å². The first-order valence-electron chi connectivity index (χ1n) is 9.89. The van der Waals surface area contributed by atoms with Crippen LogP contribution in [0.3, 0.4) is 0 Å². The standard InChI is InChI=1S/C22H19FN4O4S/c1-10-4-12(18-15(5-10)26-17(29-2)9-24-18)21-27-16-7-14(23)19-13(20(16)32-21)6-11(31-19)8-25-22(28)30-3/h4-5,7,9,11H,6,8H2,1-3H3,(H,25,28)/t11-/m0/s1. The molecule has 2 aromatic heterocycles. The summed E-state index contributed by atoms with van der Waals surface area (Å²) < 4.78 is 31.2. The Balaban J connectivity index is 1.57. The van der Waals surface area contributed by atoms with E-state index in [1.165, 1.54) is 24.5 Å². The summed E-state index contributed by atoms with van der Waals surface area (Å²) in [6.45, 7) is 2.19. The fourth-order valence-corrected chi connectivity index (χ4v) is 4.95. The summed E-state index contributed by atoms with van der Waals surface area (Å²) in [4.78, 5) is 25.1. The Bertz CT molecular complexity index is 1370. The fourth-order valence-electron chi connectivity index (χ4n) is 3.84. The molecular formula is C22H19FN4O4S. The third kappa shape index (κ3) is 3.46. The number of amides is 1. The quantitative estimate of drug-likeness (QED) is 0.498. The van der Waals surface area contributed by atoms with Gasteiger partial charge in [-0.05, 0) is 24.6 Å². The molecule has 4 aromatic rings. The number of hydrogen-bond donors (Lipinski definition) is 1. The second-order valence-electron chi connectivity index (χ2n) is 7.44. The number of nitrogens with one attached hydrogen (secondary N) is 1. The molecule has 1 atom stereocenters. The molecule has 0 fully saturated rings. The average Bonchev–Trinajstić information content (AvgIpc) is 3.40. The first-order valence-corrected chi connectivity index (χ1v) is 10.7. The van der Waals surface area contributed by atoms with Crippen molar-refractivity contribution in [2.24, 2.45) is 0 Å². The van der Waals surface area contributed by atoms with Crippen LogP contribution in [0.2, 0.25) is 0 Å². The Labute approximate surface area is 186 Å². The van der Waals surface area contributed by atoms with E-state index in [1.54, 1.807) is 13.3 Å². The SMILES string of the molecule is COC(=O)NC[C@@H]1Cc2c(c(F)cc3nc(-c4cc(C)cc5nc(OC)cnc45)sc23)O1. The summed E-state index contributed by atoms with van der Waals surface area (Å²) >= 11 is 1.46. The van der Waals surface area contributed by atoms with Crippen molar-refractivity contribution in [3.63, 3.8) is 0 Å². The third-order valence-electron chi connectivity index (χ3n) is 5.27. The minimum Gasteiger partial charge on any atom is -0.485 e. The van der Waals surface area contributed by atoms with Gasteiger partial charge >= 0.3 is 6.09 Å². The molecule has 1 aliphatic heterocycles. The Kier molecular flexibility index (Phi) is 5.01. The highest BCUT2D eigenvalue weighted by Gasteiger charge is 2.30. The van der Waals surface area contributed by atoms with Crippen molar-refractivity contribution in [1.29, 1.82) is 0 Å². The van der Waals surface area contributed by atoms with Crippen molar-refractivity contribution >= 4 is 38.7 Å². The van der Waals surface area contributed by atoms with E-state index in [9.17, 15) is 9.18 Å². The second kappa shape index (κ2) is 7.86. The lowest BCUT2D eigenvalue weighted by molar-refractivity contribution is 0.160. The van der Waals surface area contributed by atoms with Crippen LogP contribution in [0, 0.1) is 12.7 Å².